The van der Waals surface area contributed by atoms with Crippen LogP contribution < -0.4 is 21.7 Å². The Labute approximate surface area is 103 Å². The molecule has 0 amide bonds. The molecule has 0 aliphatic heterocycles. The highest BCUT2D eigenvalue weighted by Crippen LogP contribution is 2.13. The van der Waals surface area contributed by atoms with Gasteiger partial charge in [0.15, 0.2) is 0 Å². The number of hydrogen-bond donors (Lipinski definition) is 2. The zero-order valence-corrected chi connectivity index (χ0v) is 9.84. The minimum Gasteiger partial charge on any atom is -0.497 e. The predicted octanol–water partition coefficient (Wildman–Crippen LogP) is -0.00690. The Morgan fingerprint density at radius 3 is 2.50 bits per heavy atom. The number of methoxy groups -OCH3 is 1. The van der Waals surface area contributed by atoms with E-state index in [1.165, 1.54) is 10.8 Å². The molecule has 2 aromatic rings. The number of aromatic nitrogens is 2. The van der Waals surface area contributed by atoms with Crippen molar-refractivity contribution >= 4 is 0 Å². The lowest BCUT2D eigenvalue weighted by atomic mass is 10.3. The number of rotatable bonds is 3. The molecule has 0 fully saturated rings. The molecule has 0 unspecified atom stereocenters. The molecule has 1 heterocycles. The Balaban J connectivity index is 2.56. The van der Waals surface area contributed by atoms with E-state index in [0.29, 0.717) is 17.0 Å². The fraction of sp³-hybridized carbons (Fsp3) is 0.167. The molecule has 94 valence electrons. The van der Waals surface area contributed by atoms with E-state index < -0.39 is 11.2 Å². The lowest BCUT2D eigenvalue weighted by molar-refractivity contribution is 0.414. The zero-order valence-electron chi connectivity index (χ0n) is 9.84. The van der Waals surface area contributed by atoms with Gasteiger partial charge >= 0.3 is 5.69 Å². The minimum atomic E-state index is -0.498. The summed E-state index contributed by atoms with van der Waals surface area (Å²) in [5.41, 5.74) is 5.47. The first-order valence-corrected chi connectivity index (χ1v) is 5.35. The van der Waals surface area contributed by atoms with Gasteiger partial charge in [0.1, 0.15) is 5.75 Å². The lowest BCUT2D eigenvalue weighted by Gasteiger charge is -2.07. The molecule has 6 nitrogen and oxygen atoms in total. The average molecular weight is 247 g/mol. The Morgan fingerprint density at radius 2 is 1.94 bits per heavy atom. The minimum absolute atomic E-state index is 0.0752. The first-order chi connectivity index (χ1) is 8.65. The molecule has 0 saturated heterocycles. The third kappa shape index (κ3) is 2.18. The van der Waals surface area contributed by atoms with Crippen LogP contribution in [0.1, 0.15) is 5.56 Å². The van der Waals surface area contributed by atoms with E-state index in [0.717, 1.165) is 0 Å². The molecule has 0 radical (unpaired) electrons. The van der Waals surface area contributed by atoms with E-state index in [2.05, 4.69) is 4.98 Å². The molecule has 0 bridgehead atoms. The number of ether oxygens (including phenoxy) is 1. The maximum absolute atomic E-state index is 11.7. The number of nitrogens with zero attached hydrogens (tertiary/aromatic N) is 1. The average Bonchev–Trinajstić information content (AvgIpc) is 2.39. The maximum Gasteiger partial charge on any atom is 0.332 e. The monoisotopic (exact) mass is 247 g/mol. The smallest absolute Gasteiger partial charge is 0.332 e. The van der Waals surface area contributed by atoms with Crippen LogP contribution in [0.2, 0.25) is 0 Å². The van der Waals surface area contributed by atoms with Crippen LogP contribution in [0, 0.1) is 0 Å². The molecule has 3 N–H and O–H groups in total. The molecular formula is C12H13N3O3. The topological polar surface area (TPSA) is 90.1 Å². The number of nitrogens with one attached hydrogen (secondary N) is 1. The second kappa shape index (κ2) is 4.89. The molecule has 2 rings (SSSR count). The van der Waals surface area contributed by atoms with Crippen molar-refractivity contribution in [1.82, 2.24) is 9.55 Å². The van der Waals surface area contributed by atoms with Gasteiger partial charge in [0.2, 0.25) is 0 Å². The maximum atomic E-state index is 11.7. The Morgan fingerprint density at radius 1 is 1.28 bits per heavy atom. The van der Waals surface area contributed by atoms with Gasteiger partial charge in [-0.15, -0.1) is 0 Å². The molecular weight excluding hydrogens is 234 g/mol. The van der Waals surface area contributed by atoms with Crippen LogP contribution in [-0.2, 0) is 6.54 Å². The van der Waals surface area contributed by atoms with Crippen molar-refractivity contribution in [1.29, 1.82) is 0 Å². The van der Waals surface area contributed by atoms with Crippen LogP contribution in [0.25, 0.3) is 5.69 Å². The van der Waals surface area contributed by atoms with Crippen LogP contribution in [0.5, 0.6) is 5.75 Å². The highest BCUT2D eigenvalue weighted by Gasteiger charge is 2.05. The van der Waals surface area contributed by atoms with Crippen molar-refractivity contribution in [3.8, 4) is 11.4 Å². The third-order valence-corrected chi connectivity index (χ3v) is 2.59. The van der Waals surface area contributed by atoms with E-state index in [4.69, 9.17) is 10.5 Å². The Kier molecular flexibility index (Phi) is 3.29. The van der Waals surface area contributed by atoms with E-state index in [-0.39, 0.29) is 6.54 Å². The summed E-state index contributed by atoms with van der Waals surface area (Å²) >= 11 is 0. The van der Waals surface area contributed by atoms with Gasteiger partial charge in [-0.3, -0.25) is 14.3 Å². The Hall–Kier alpha value is -2.34. The standard InChI is InChI=1S/C12H13N3O3/c1-18-10-4-2-9(3-5-10)15-7-8(6-13)11(16)14-12(15)17/h2-5,7H,6,13H2,1H3,(H,14,16,17). The van der Waals surface area contributed by atoms with Crippen LogP contribution >= 0.6 is 0 Å². The van der Waals surface area contributed by atoms with Gasteiger partial charge < -0.3 is 10.5 Å². The summed E-state index contributed by atoms with van der Waals surface area (Å²) in [7, 11) is 1.56. The normalized spacial score (nSPS) is 10.3. The van der Waals surface area contributed by atoms with E-state index in [1.54, 1.807) is 31.4 Å². The summed E-state index contributed by atoms with van der Waals surface area (Å²) in [6.45, 7) is 0.0752. The third-order valence-electron chi connectivity index (χ3n) is 2.59. The quantitative estimate of drug-likeness (QED) is 0.798. The second-order valence-electron chi connectivity index (χ2n) is 3.69. The SMILES string of the molecule is COc1ccc(-n2cc(CN)c(=O)[nH]c2=O)cc1. The molecule has 0 aliphatic rings. The highest BCUT2D eigenvalue weighted by molar-refractivity contribution is 5.37. The van der Waals surface area contributed by atoms with Gasteiger partial charge in [-0.2, -0.15) is 0 Å². The Bertz CT molecular complexity index is 656. The van der Waals surface area contributed by atoms with Gasteiger partial charge in [0.05, 0.1) is 12.8 Å². The van der Waals surface area contributed by atoms with E-state index in [1.807, 2.05) is 0 Å². The van der Waals surface area contributed by atoms with Gasteiger partial charge in [0, 0.05) is 18.3 Å². The summed E-state index contributed by atoms with van der Waals surface area (Å²) in [6, 6.07) is 6.90. The molecule has 18 heavy (non-hydrogen) atoms. The fourth-order valence-corrected chi connectivity index (χ4v) is 1.59. The molecule has 0 saturated carbocycles. The molecule has 0 aliphatic carbocycles. The van der Waals surface area contributed by atoms with Gasteiger partial charge in [-0.1, -0.05) is 0 Å². The number of benzene rings is 1. The van der Waals surface area contributed by atoms with Crippen molar-refractivity contribution in [2.24, 2.45) is 5.73 Å². The van der Waals surface area contributed by atoms with E-state index >= 15 is 0 Å². The summed E-state index contributed by atoms with van der Waals surface area (Å²) in [5.74, 6) is 0.690. The van der Waals surface area contributed by atoms with Crippen molar-refractivity contribution in [2.45, 2.75) is 6.54 Å². The molecule has 1 aromatic heterocycles. The highest BCUT2D eigenvalue weighted by atomic mass is 16.5. The largest absolute Gasteiger partial charge is 0.497 e. The second-order valence-corrected chi connectivity index (χ2v) is 3.69. The van der Waals surface area contributed by atoms with Gasteiger partial charge in [0.25, 0.3) is 5.56 Å². The summed E-state index contributed by atoms with van der Waals surface area (Å²) in [5, 5.41) is 0. The summed E-state index contributed by atoms with van der Waals surface area (Å²) in [6.07, 6.45) is 1.45. The predicted molar refractivity (Wildman–Crippen MR) is 67.1 cm³/mol. The molecule has 1 aromatic carbocycles. The van der Waals surface area contributed by atoms with Crippen molar-refractivity contribution in [3.05, 3.63) is 56.9 Å². The fourth-order valence-electron chi connectivity index (χ4n) is 1.59. The van der Waals surface area contributed by atoms with Crippen LogP contribution in [0.15, 0.2) is 40.1 Å². The number of nitrogens with two attached hydrogens (primary N) is 1. The zero-order chi connectivity index (χ0) is 13.1. The first kappa shape index (κ1) is 12.1. The summed E-state index contributed by atoms with van der Waals surface area (Å²) in [4.78, 5) is 25.3. The van der Waals surface area contributed by atoms with Gasteiger partial charge in [-0.05, 0) is 24.3 Å². The van der Waals surface area contributed by atoms with E-state index in [9.17, 15) is 9.59 Å². The number of H-pyrrole nitrogens is 1. The number of hydrogen-bond acceptors (Lipinski definition) is 4. The van der Waals surface area contributed by atoms with Crippen molar-refractivity contribution < 1.29 is 4.74 Å². The van der Waals surface area contributed by atoms with Crippen LogP contribution in [-0.4, -0.2) is 16.7 Å². The van der Waals surface area contributed by atoms with Gasteiger partial charge in [-0.25, -0.2) is 4.79 Å². The van der Waals surface area contributed by atoms with Crippen LogP contribution in [0.3, 0.4) is 0 Å². The van der Waals surface area contributed by atoms with Crippen molar-refractivity contribution in [2.75, 3.05) is 7.11 Å². The summed E-state index contributed by atoms with van der Waals surface area (Å²) < 4.78 is 6.37. The van der Waals surface area contributed by atoms with Crippen molar-refractivity contribution in [3.63, 3.8) is 0 Å². The lowest BCUT2D eigenvalue weighted by Crippen LogP contribution is -2.31. The van der Waals surface area contributed by atoms with Crippen LogP contribution in [0.4, 0.5) is 0 Å². The first-order valence-electron chi connectivity index (χ1n) is 5.35. The number of aromatic amines is 1. The molecule has 0 spiro atoms. The molecule has 6 heteroatoms. The molecule has 0 atom stereocenters.